The molecule has 19 heavy (non-hydrogen) atoms. The van der Waals surface area contributed by atoms with Gasteiger partial charge in [-0.1, -0.05) is 58.4 Å². The molecular formula is C16H16Br2O. The van der Waals surface area contributed by atoms with E-state index in [1.165, 1.54) is 11.1 Å². The van der Waals surface area contributed by atoms with E-state index in [9.17, 15) is 0 Å². The van der Waals surface area contributed by atoms with Crippen LogP contribution >= 0.6 is 31.9 Å². The maximum Gasteiger partial charge on any atom is 0.137 e. The predicted octanol–water partition coefficient (Wildman–Crippen LogP) is 5.36. The van der Waals surface area contributed by atoms with Crippen molar-refractivity contribution in [2.75, 3.05) is 6.61 Å². The van der Waals surface area contributed by atoms with Crippen LogP contribution in [0.2, 0.25) is 0 Å². The fourth-order valence-electron chi connectivity index (χ4n) is 1.92. The summed E-state index contributed by atoms with van der Waals surface area (Å²) >= 11 is 7.03. The zero-order valence-electron chi connectivity index (χ0n) is 10.6. The molecule has 2 aromatic carbocycles. The highest BCUT2D eigenvalue weighted by Gasteiger charge is 2.06. The number of benzene rings is 2. The molecular weight excluding hydrogens is 368 g/mol. The maximum atomic E-state index is 5.90. The smallest absolute Gasteiger partial charge is 0.137 e. The van der Waals surface area contributed by atoms with Gasteiger partial charge in [-0.2, -0.15) is 0 Å². The SMILES string of the molecule is BrCc1cccc(Br)c1OCCCc1ccccc1. The second-order valence-electron chi connectivity index (χ2n) is 4.30. The van der Waals surface area contributed by atoms with Crippen molar-refractivity contribution >= 4 is 31.9 Å². The molecule has 0 atom stereocenters. The van der Waals surface area contributed by atoms with E-state index in [1.807, 2.05) is 18.2 Å². The Morgan fingerprint density at radius 1 is 0.947 bits per heavy atom. The van der Waals surface area contributed by atoms with Crippen LogP contribution in [0.4, 0.5) is 0 Å². The largest absolute Gasteiger partial charge is 0.492 e. The fourth-order valence-corrected chi connectivity index (χ4v) is 2.88. The van der Waals surface area contributed by atoms with E-state index in [0.717, 1.165) is 35.0 Å². The molecule has 0 unspecified atom stereocenters. The molecule has 0 fully saturated rings. The van der Waals surface area contributed by atoms with Crippen LogP contribution in [0, 0.1) is 0 Å². The van der Waals surface area contributed by atoms with Crippen LogP contribution in [0.1, 0.15) is 17.5 Å². The second kappa shape index (κ2) is 7.71. The molecule has 0 saturated carbocycles. The molecule has 0 bridgehead atoms. The molecule has 0 spiro atoms. The monoisotopic (exact) mass is 382 g/mol. The van der Waals surface area contributed by atoms with Crippen LogP contribution in [-0.2, 0) is 11.8 Å². The summed E-state index contributed by atoms with van der Waals surface area (Å²) in [6.45, 7) is 0.734. The van der Waals surface area contributed by atoms with Gasteiger partial charge in [-0.3, -0.25) is 0 Å². The van der Waals surface area contributed by atoms with Crippen LogP contribution in [0.15, 0.2) is 53.0 Å². The average molecular weight is 384 g/mol. The third-order valence-electron chi connectivity index (χ3n) is 2.89. The number of aryl methyl sites for hydroxylation is 1. The summed E-state index contributed by atoms with van der Waals surface area (Å²) in [4.78, 5) is 0. The lowest BCUT2D eigenvalue weighted by Crippen LogP contribution is -2.02. The van der Waals surface area contributed by atoms with Gasteiger partial charge in [0.05, 0.1) is 11.1 Å². The Balaban J connectivity index is 1.86. The first-order valence-electron chi connectivity index (χ1n) is 6.31. The molecule has 0 aliphatic carbocycles. The summed E-state index contributed by atoms with van der Waals surface area (Å²) in [5, 5.41) is 0.806. The molecule has 3 heteroatoms. The van der Waals surface area contributed by atoms with Gasteiger partial charge in [0.25, 0.3) is 0 Å². The normalized spacial score (nSPS) is 10.4. The van der Waals surface area contributed by atoms with E-state index >= 15 is 0 Å². The molecule has 0 aliphatic heterocycles. The quantitative estimate of drug-likeness (QED) is 0.482. The van der Waals surface area contributed by atoms with Gasteiger partial charge in [-0.25, -0.2) is 0 Å². The van der Waals surface area contributed by atoms with Crippen molar-refractivity contribution in [2.24, 2.45) is 0 Å². The molecule has 0 heterocycles. The summed E-state index contributed by atoms with van der Waals surface area (Å²) < 4.78 is 6.92. The summed E-state index contributed by atoms with van der Waals surface area (Å²) in [5.41, 5.74) is 2.54. The van der Waals surface area contributed by atoms with Gasteiger partial charge in [0.1, 0.15) is 5.75 Å². The Labute approximate surface area is 131 Å². The van der Waals surface area contributed by atoms with Crippen molar-refractivity contribution < 1.29 is 4.74 Å². The average Bonchev–Trinajstić information content (AvgIpc) is 2.46. The summed E-state index contributed by atoms with van der Waals surface area (Å²) in [6, 6.07) is 16.6. The maximum absolute atomic E-state index is 5.90. The minimum atomic E-state index is 0.734. The predicted molar refractivity (Wildman–Crippen MR) is 87.0 cm³/mol. The van der Waals surface area contributed by atoms with E-state index in [4.69, 9.17) is 4.74 Å². The van der Waals surface area contributed by atoms with Gasteiger partial charge in [0.15, 0.2) is 0 Å². The van der Waals surface area contributed by atoms with Gasteiger partial charge in [0, 0.05) is 10.9 Å². The van der Waals surface area contributed by atoms with E-state index in [0.29, 0.717) is 0 Å². The van der Waals surface area contributed by atoms with Gasteiger partial charge in [-0.05, 0) is 40.4 Å². The Bertz CT molecular complexity index is 511. The number of para-hydroxylation sites is 1. The van der Waals surface area contributed by atoms with Crippen molar-refractivity contribution in [2.45, 2.75) is 18.2 Å². The zero-order valence-corrected chi connectivity index (χ0v) is 13.8. The lowest BCUT2D eigenvalue weighted by molar-refractivity contribution is 0.307. The first-order valence-corrected chi connectivity index (χ1v) is 8.23. The van der Waals surface area contributed by atoms with Crippen LogP contribution in [0.25, 0.3) is 0 Å². The van der Waals surface area contributed by atoms with Gasteiger partial charge < -0.3 is 4.74 Å². The topological polar surface area (TPSA) is 9.23 Å². The van der Waals surface area contributed by atoms with Crippen LogP contribution in [0.3, 0.4) is 0 Å². The van der Waals surface area contributed by atoms with E-state index in [1.54, 1.807) is 0 Å². The highest BCUT2D eigenvalue weighted by Crippen LogP contribution is 2.30. The van der Waals surface area contributed by atoms with E-state index < -0.39 is 0 Å². The first kappa shape index (κ1) is 14.6. The molecule has 2 aromatic rings. The minimum absolute atomic E-state index is 0.734. The summed E-state index contributed by atoms with van der Waals surface area (Å²) in [5.74, 6) is 0.951. The van der Waals surface area contributed by atoms with E-state index in [2.05, 4.69) is 62.2 Å². The Kier molecular flexibility index (Phi) is 5.93. The van der Waals surface area contributed by atoms with Gasteiger partial charge in [-0.15, -0.1) is 0 Å². The molecule has 0 radical (unpaired) electrons. The fraction of sp³-hybridized carbons (Fsp3) is 0.250. The number of halogens is 2. The molecule has 0 amide bonds. The number of hydrogen-bond acceptors (Lipinski definition) is 1. The second-order valence-corrected chi connectivity index (χ2v) is 5.71. The number of rotatable bonds is 6. The van der Waals surface area contributed by atoms with Crippen LogP contribution < -0.4 is 4.74 Å². The molecule has 100 valence electrons. The van der Waals surface area contributed by atoms with Gasteiger partial charge in [0.2, 0.25) is 0 Å². The Morgan fingerprint density at radius 3 is 2.47 bits per heavy atom. The lowest BCUT2D eigenvalue weighted by Gasteiger charge is -2.11. The highest BCUT2D eigenvalue weighted by molar-refractivity contribution is 9.10. The van der Waals surface area contributed by atoms with Crippen LogP contribution in [-0.4, -0.2) is 6.61 Å². The summed E-state index contributed by atoms with van der Waals surface area (Å²) in [6.07, 6.45) is 2.07. The van der Waals surface area contributed by atoms with E-state index in [-0.39, 0.29) is 0 Å². The lowest BCUT2D eigenvalue weighted by atomic mass is 10.1. The van der Waals surface area contributed by atoms with Crippen molar-refractivity contribution in [3.8, 4) is 5.75 Å². The Morgan fingerprint density at radius 2 is 1.74 bits per heavy atom. The molecule has 0 saturated heterocycles. The first-order chi connectivity index (χ1) is 9.31. The third-order valence-corrected chi connectivity index (χ3v) is 4.12. The number of alkyl halides is 1. The van der Waals surface area contributed by atoms with Gasteiger partial charge >= 0.3 is 0 Å². The molecule has 0 N–H and O–H groups in total. The summed E-state index contributed by atoms with van der Waals surface area (Å²) in [7, 11) is 0. The highest BCUT2D eigenvalue weighted by atomic mass is 79.9. The number of ether oxygens (including phenoxy) is 1. The van der Waals surface area contributed by atoms with Crippen molar-refractivity contribution in [3.05, 3.63) is 64.1 Å². The third kappa shape index (κ3) is 4.36. The van der Waals surface area contributed by atoms with Crippen molar-refractivity contribution in [1.29, 1.82) is 0 Å². The molecule has 1 nitrogen and oxygen atoms in total. The standard InChI is InChI=1S/C16H16Br2O/c17-12-14-9-4-10-15(18)16(14)19-11-5-8-13-6-2-1-3-7-13/h1-4,6-7,9-10H,5,8,11-12H2. The Hall–Kier alpha value is -0.800. The van der Waals surface area contributed by atoms with Crippen molar-refractivity contribution in [1.82, 2.24) is 0 Å². The minimum Gasteiger partial charge on any atom is -0.492 e. The van der Waals surface area contributed by atoms with Crippen LogP contribution in [0.5, 0.6) is 5.75 Å². The molecule has 0 aromatic heterocycles. The number of hydrogen-bond donors (Lipinski definition) is 0. The molecule has 0 aliphatic rings. The molecule has 2 rings (SSSR count). The zero-order chi connectivity index (χ0) is 13.5. The van der Waals surface area contributed by atoms with Crippen molar-refractivity contribution in [3.63, 3.8) is 0 Å².